The number of anilines is 2. The van der Waals surface area contributed by atoms with E-state index in [4.69, 9.17) is 0 Å². The Morgan fingerprint density at radius 1 is 1.30 bits per heavy atom. The minimum atomic E-state index is -0.0961. The Morgan fingerprint density at radius 2 is 2.07 bits per heavy atom. The Labute approximate surface area is 164 Å². The summed E-state index contributed by atoms with van der Waals surface area (Å²) in [6, 6.07) is 9.79. The van der Waals surface area contributed by atoms with Gasteiger partial charge in [-0.15, -0.1) is 11.3 Å². The van der Waals surface area contributed by atoms with Gasteiger partial charge in [-0.1, -0.05) is 25.1 Å². The lowest BCUT2D eigenvalue weighted by Crippen LogP contribution is -2.42. The molecule has 1 aromatic heterocycles. The average Bonchev–Trinajstić information content (AvgIpc) is 3.15. The van der Waals surface area contributed by atoms with E-state index in [0.29, 0.717) is 16.9 Å². The largest absolute Gasteiger partial charge is 0.336 e. The predicted molar refractivity (Wildman–Crippen MR) is 110 cm³/mol. The van der Waals surface area contributed by atoms with E-state index in [-0.39, 0.29) is 11.8 Å². The molecule has 6 heteroatoms. The van der Waals surface area contributed by atoms with Gasteiger partial charge in [0.15, 0.2) is 5.13 Å². The molecule has 1 atom stereocenters. The third-order valence-corrected chi connectivity index (χ3v) is 5.65. The maximum Gasteiger partial charge on any atom is 0.246 e. The Hall–Kier alpha value is -2.47. The molecule has 1 aliphatic rings. The number of para-hydroxylation sites is 1. The average molecular weight is 384 g/mol. The highest BCUT2D eigenvalue weighted by molar-refractivity contribution is 7.14. The molecule has 27 heavy (non-hydrogen) atoms. The van der Waals surface area contributed by atoms with Crippen molar-refractivity contribution < 1.29 is 9.59 Å². The molecular formula is C21H25N3O2S. The smallest absolute Gasteiger partial charge is 0.246 e. The summed E-state index contributed by atoms with van der Waals surface area (Å²) in [5, 5.41) is 2.47. The standard InChI is InChI=1S/C21H25N3O2S/c1-3-18-9-7-8-14-23(18)20(26)13-12-17-15-27-21(22-17)24(16(2)25)19-10-5-4-6-11-19/h4-6,10-13,15,18H,3,7-9,14H2,1-2H3. The molecule has 0 aliphatic carbocycles. The van der Waals surface area contributed by atoms with Crippen LogP contribution in [0.15, 0.2) is 41.8 Å². The first-order chi connectivity index (χ1) is 13.1. The van der Waals surface area contributed by atoms with Crippen LogP contribution in [0.4, 0.5) is 10.8 Å². The van der Waals surface area contributed by atoms with Crippen LogP contribution in [0.3, 0.4) is 0 Å². The molecule has 2 amide bonds. The highest BCUT2D eigenvalue weighted by Gasteiger charge is 2.23. The van der Waals surface area contributed by atoms with Gasteiger partial charge in [-0.25, -0.2) is 4.98 Å². The molecule has 0 bridgehead atoms. The first-order valence-electron chi connectivity index (χ1n) is 9.40. The minimum Gasteiger partial charge on any atom is -0.336 e. The van der Waals surface area contributed by atoms with E-state index >= 15 is 0 Å². The Kier molecular flexibility index (Phi) is 6.40. The minimum absolute atomic E-state index is 0.0441. The lowest BCUT2D eigenvalue weighted by atomic mass is 10.00. The normalized spacial score (nSPS) is 17.3. The molecule has 1 aliphatic heterocycles. The number of carbonyl (C=O) groups is 2. The number of hydrogen-bond acceptors (Lipinski definition) is 4. The van der Waals surface area contributed by atoms with Gasteiger partial charge < -0.3 is 4.90 Å². The van der Waals surface area contributed by atoms with Crippen LogP contribution in [0.25, 0.3) is 6.08 Å². The maximum absolute atomic E-state index is 12.6. The second kappa shape index (κ2) is 8.95. The van der Waals surface area contributed by atoms with Gasteiger partial charge in [0.25, 0.3) is 0 Å². The van der Waals surface area contributed by atoms with Crippen molar-refractivity contribution in [2.45, 2.75) is 45.6 Å². The summed E-state index contributed by atoms with van der Waals surface area (Å²) < 4.78 is 0. The van der Waals surface area contributed by atoms with Gasteiger partial charge >= 0.3 is 0 Å². The van der Waals surface area contributed by atoms with Crippen LogP contribution in [0.1, 0.15) is 45.2 Å². The van der Waals surface area contributed by atoms with Crippen molar-refractivity contribution in [3.05, 3.63) is 47.5 Å². The molecule has 0 radical (unpaired) electrons. The van der Waals surface area contributed by atoms with Crippen LogP contribution in [-0.2, 0) is 9.59 Å². The second-order valence-corrected chi connectivity index (χ2v) is 7.50. The van der Waals surface area contributed by atoms with Crippen LogP contribution < -0.4 is 4.90 Å². The van der Waals surface area contributed by atoms with Crippen LogP contribution in [0.5, 0.6) is 0 Å². The zero-order chi connectivity index (χ0) is 19.2. The third-order valence-electron chi connectivity index (χ3n) is 4.81. The van der Waals surface area contributed by atoms with Gasteiger partial charge in [0.05, 0.1) is 11.4 Å². The van der Waals surface area contributed by atoms with Gasteiger partial charge in [-0.2, -0.15) is 0 Å². The molecule has 5 nitrogen and oxygen atoms in total. The number of piperidine rings is 1. The summed E-state index contributed by atoms with van der Waals surface area (Å²) in [7, 11) is 0. The summed E-state index contributed by atoms with van der Waals surface area (Å²) in [5.41, 5.74) is 1.47. The van der Waals surface area contributed by atoms with Gasteiger partial charge in [-0.05, 0) is 43.9 Å². The Morgan fingerprint density at radius 3 is 2.78 bits per heavy atom. The SMILES string of the molecule is CCC1CCCCN1C(=O)C=Cc1csc(N(C(C)=O)c2ccccc2)n1. The van der Waals surface area contributed by atoms with Gasteiger partial charge in [0.1, 0.15) is 0 Å². The third kappa shape index (κ3) is 4.63. The number of benzene rings is 1. The molecule has 1 saturated heterocycles. The zero-order valence-electron chi connectivity index (χ0n) is 15.8. The van der Waals surface area contributed by atoms with E-state index in [1.165, 1.54) is 24.7 Å². The number of rotatable bonds is 5. The molecule has 0 N–H and O–H groups in total. The number of thiazole rings is 1. The van der Waals surface area contributed by atoms with Gasteiger partial charge in [0, 0.05) is 31.0 Å². The van der Waals surface area contributed by atoms with Gasteiger partial charge in [0.2, 0.25) is 11.8 Å². The summed E-state index contributed by atoms with van der Waals surface area (Å²) in [6.07, 6.45) is 7.69. The molecule has 2 heterocycles. The fraction of sp³-hybridized carbons (Fsp3) is 0.381. The van der Waals surface area contributed by atoms with Gasteiger partial charge in [-0.3, -0.25) is 14.5 Å². The zero-order valence-corrected chi connectivity index (χ0v) is 16.6. The lowest BCUT2D eigenvalue weighted by molar-refractivity contribution is -0.129. The van der Waals surface area contributed by atoms with Crippen LogP contribution in [0, 0.1) is 0 Å². The lowest BCUT2D eigenvalue weighted by Gasteiger charge is -2.34. The number of likely N-dealkylation sites (tertiary alicyclic amines) is 1. The molecule has 1 fully saturated rings. The number of amides is 2. The molecule has 1 unspecified atom stereocenters. The quantitative estimate of drug-likeness (QED) is 0.707. The van der Waals surface area contributed by atoms with Crippen molar-refractivity contribution in [2.24, 2.45) is 0 Å². The van der Waals surface area contributed by atoms with Crippen molar-refractivity contribution in [1.29, 1.82) is 0 Å². The van der Waals surface area contributed by atoms with Crippen molar-refractivity contribution >= 4 is 40.0 Å². The molecular weight excluding hydrogens is 358 g/mol. The highest BCUT2D eigenvalue weighted by atomic mass is 32.1. The summed E-state index contributed by atoms with van der Waals surface area (Å²) in [4.78, 5) is 32.8. The monoisotopic (exact) mass is 383 g/mol. The second-order valence-electron chi connectivity index (χ2n) is 6.67. The Balaban J connectivity index is 1.74. The molecule has 0 saturated carbocycles. The van der Waals surface area contributed by atoms with Crippen molar-refractivity contribution in [3.63, 3.8) is 0 Å². The number of carbonyl (C=O) groups excluding carboxylic acids is 2. The molecule has 0 spiro atoms. The highest BCUT2D eigenvalue weighted by Crippen LogP contribution is 2.29. The van der Waals surface area contributed by atoms with Crippen molar-refractivity contribution in [1.82, 2.24) is 9.88 Å². The Bertz CT molecular complexity index is 816. The first kappa shape index (κ1) is 19.3. The number of hydrogen-bond donors (Lipinski definition) is 0. The first-order valence-corrected chi connectivity index (χ1v) is 10.3. The van der Waals surface area contributed by atoms with E-state index in [1.807, 2.05) is 40.6 Å². The van der Waals surface area contributed by atoms with E-state index in [0.717, 1.165) is 31.5 Å². The maximum atomic E-state index is 12.6. The number of nitrogens with zero attached hydrogens (tertiary/aromatic N) is 3. The fourth-order valence-electron chi connectivity index (χ4n) is 3.43. The van der Waals surface area contributed by atoms with E-state index in [9.17, 15) is 9.59 Å². The summed E-state index contributed by atoms with van der Waals surface area (Å²) in [6.45, 7) is 4.48. The molecule has 142 valence electrons. The fourth-order valence-corrected chi connectivity index (χ4v) is 4.28. The summed E-state index contributed by atoms with van der Waals surface area (Å²) >= 11 is 1.39. The van der Waals surface area contributed by atoms with Crippen molar-refractivity contribution in [2.75, 3.05) is 11.4 Å². The van der Waals surface area contributed by atoms with Crippen molar-refractivity contribution in [3.8, 4) is 0 Å². The summed E-state index contributed by atoms with van der Waals surface area (Å²) in [5.74, 6) is -0.0520. The van der Waals surface area contributed by atoms with E-state index in [1.54, 1.807) is 17.1 Å². The predicted octanol–water partition coefficient (Wildman–Crippen LogP) is 4.63. The van der Waals surface area contributed by atoms with Crippen LogP contribution in [0.2, 0.25) is 0 Å². The topological polar surface area (TPSA) is 53.5 Å². The number of aromatic nitrogens is 1. The van der Waals surface area contributed by atoms with Crippen LogP contribution in [-0.4, -0.2) is 34.3 Å². The molecule has 3 rings (SSSR count). The van der Waals surface area contributed by atoms with E-state index in [2.05, 4.69) is 11.9 Å². The molecule has 2 aromatic rings. The molecule has 1 aromatic carbocycles. The van der Waals surface area contributed by atoms with Crippen LogP contribution >= 0.6 is 11.3 Å². The van der Waals surface area contributed by atoms with E-state index < -0.39 is 0 Å².